The number of hydrogen-bond acceptors (Lipinski definition) is 5. The monoisotopic (exact) mass is 298 g/mol. The van der Waals surface area contributed by atoms with Crippen LogP contribution in [0.2, 0.25) is 0 Å². The van der Waals surface area contributed by atoms with Crippen molar-refractivity contribution in [1.29, 1.82) is 0 Å². The molecule has 0 saturated heterocycles. The van der Waals surface area contributed by atoms with Crippen LogP contribution in [0.5, 0.6) is 5.75 Å². The summed E-state index contributed by atoms with van der Waals surface area (Å²) < 4.78 is 0. The quantitative estimate of drug-likeness (QED) is 0.843. The highest BCUT2D eigenvalue weighted by Gasteiger charge is 2.14. The van der Waals surface area contributed by atoms with Crippen molar-refractivity contribution in [2.24, 2.45) is 5.92 Å². The maximum atomic E-state index is 9.96. The number of nitrogens with zero attached hydrogens (tertiary/aromatic N) is 3. The molecule has 2 heterocycles. The Kier molecular flexibility index (Phi) is 4.83. The van der Waals surface area contributed by atoms with Crippen LogP contribution in [0.3, 0.4) is 0 Å². The Hall–Kier alpha value is -2.17. The second kappa shape index (κ2) is 7.20. The maximum absolute atomic E-state index is 9.96. The Morgan fingerprint density at radius 2 is 1.91 bits per heavy atom. The van der Waals surface area contributed by atoms with E-state index in [0.717, 1.165) is 6.54 Å². The average molecular weight is 298 g/mol. The molecule has 3 rings (SSSR count). The molecule has 2 aromatic rings. The molecular weight excluding hydrogens is 276 g/mol. The summed E-state index contributed by atoms with van der Waals surface area (Å²) in [5.74, 6) is 1.78. The van der Waals surface area contributed by atoms with Crippen LogP contribution in [0.1, 0.15) is 38.5 Å². The van der Waals surface area contributed by atoms with Crippen LogP contribution in [0.25, 0.3) is 11.5 Å². The van der Waals surface area contributed by atoms with Gasteiger partial charge in [-0.3, -0.25) is 4.98 Å². The molecule has 0 radical (unpaired) electrons. The van der Waals surface area contributed by atoms with Crippen LogP contribution in [0.15, 0.2) is 30.6 Å². The summed E-state index contributed by atoms with van der Waals surface area (Å²) in [7, 11) is 0. The summed E-state index contributed by atoms with van der Waals surface area (Å²) in [5, 5.41) is 13.3. The summed E-state index contributed by atoms with van der Waals surface area (Å²) in [6.07, 6.45) is 11.0. The first-order valence-corrected chi connectivity index (χ1v) is 8.04. The summed E-state index contributed by atoms with van der Waals surface area (Å²) in [6, 6.07) is 5.62. The number of pyridine rings is 1. The fourth-order valence-corrected chi connectivity index (χ4v) is 2.93. The standard InChI is InChI=1S/C17H22N4O/c22-15-12-20-16(14-9-5-6-10-18-14)21-17(15)19-11-13-7-3-1-2-4-8-13/h5-6,9-10,12-13,22H,1-4,7-8,11H2,(H,19,20,21). The van der Waals surface area contributed by atoms with Gasteiger partial charge in [0.05, 0.1) is 6.20 Å². The van der Waals surface area contributed by atoms with Gasteiger partial charge in [-0.15, -0.1) is 0 Å². The first-order valence-electron chi connectivity index (χ1n) is 8.04. The SMILES string of the molecule is Oc1cnc(-c2ccccn2)nc1NCC1CCCCCC1. The number of hydrogen-bond donors (Lipinski definition) is 2. The number of anilines is 1. The van der Waals surface area contributed by atoms with E-state index >= 15 is 0 Å². The molecule has 0 bridgehead atoms. The van der Waals surface area contributed by atoms with Crippen LogP contribution in [0, 0.1) is 5.92 Å². The fourth-order valence-electron chi connectivity index (χ4n) is 2.93. The van der Waals surface area contributed by atoms with Gasteiger partial charge in [-0.05, 0) is 30.9 Å². The van der Waals surface area contributed by atoms with Crippen LogP contribution in [-0.4, -0.2) is 26.6 Å². The average Bonchev–Trinajstić information content (AvgIpc) is 2.84. The maximum Gasteiger partial charge on any atom is 0.180 e. The van der Waals surface area contributed by atoms with E-state index in [1.54, 1.807) is 6.20 Å². The molecule has 0 amide bonds. The molecule has 1 fully saturated rings. The molecule has 0 aliphatic heterocycles. The van der Waals surface area contributed by atoms with Crippen LogP contribution < -0.4 is 5.32 Å². The molecule has 2 aromatic heterocycles. The number of aromatic nitrogens is 3. The Balaban J connectivity index is 1.70. The molecule has 0 atom stereocenters. The highest BCUT2D eigenvalue weighted by molar-refractivity contribution is 5.56. The largest absolute Gasteiger partial charge is 0.503 e. The van der Waals surface area contributed by atoms with Crippen LogP contribution in [-0.2, 0) is 0 Å². The van der Waals surface area contributed by atoms with Gasteiger partial charge in [-0.2, -0.15) is 0 Å². The van der Waals surface area contributed by atoms with E-state index in [9.17, 15) is 5.11 Å². The fraction of sp³-hybridized carbons (Fsp3) is 0.471. The highest BCUT2D eigenvalue weighted by Crippen LogP contribution is 2.26. The predicted molar refractivity (Wildman–Crippen MR) is 86.6 cm³/mol. The van der Waals surface area contributed by atoms with Gasteiger partial charge in [-0.25, -0.2) is 9.97 Å². The van der Waals surface area contributed by atoms with E-state index in [2.05, 4.69) is 20.3 Å². The molecule has 2 N–H and O–H groups in total. The van der Waals surface area contributed by atoms with Crippen molar-refractivity contribution < 1.29 is 5.11 Å². The van der Waals surface area contributed by atoms with E-state index in [4.69, 9.17) is 0 Å². The van der Waals surface area contributed by atoms with Crippen molar-refractivity contribution in [2.45, 2.75) is 38.5 Å². The topological polar surface area (TPSA) is 70.9 Å². The lowest BCUT2D eigenvalue weighted by Crippen LogP contribution is -2.15. The predicted octanol–water partition coefficient (Wildman–Crippen LogP) is 3.63. The van der Waals surface area contributed by atoms with Crippen molar-refractivity contribution in [1.82, 2.24) is 15.0 Å². The number of aromatic hydroxyl groups is 1. The van der Waals surface area contributed by atoms with E-state index < -0.39 is 0 Å². The summed E-state index contributed by atoms with van der Waals surface area (Å²) in [4.78, 5) is 12.8. The van der Waals surface area contributed by atoms with Gasteiger partial charge in [0.15, 0.2) is 17.4 Å². The Bertz CT molecular complexity index is 595. The molecule has 0 aromatic carbocycles. The third-order valence-electron chi connectivity index (χ3n) is 4.20. The van der Waals surface area contributed by atoms with Gasteiger partial charge in [0.2, 0.25) is 0 Å². The molecule has 0 unspecified atom stereocenters. The molecule has 5 heteroatoms. The molecule has 1 aliphatic carbocycles. The smallest absolute Gasteiger partial charge is 0.180 e. The minimum absolute atomic E-state index is 0.0910. The molecule has 116 valence electrons. The second-order valence-corrected chi connectivity index (χ2v) is 5.88. The van der Waals surface area contributed by atoms with Crippen molar-refractivity contribution in [3.05, 3.63) is 30.6 Å². The molecule has 1 aliphatic rings. The summed E-state index contributed by atoms with van der Waals surface area (Å²) in [5.41, 5.74) is 0.708. The van der Waals surface area contributed by atoms with E-state index in [-0.39, 0.29) is 5.75 Å². The van der Waals surface area contributed by atoms with E-state index in [0.29, 0.717) is 23.3 Å². The number of rotatable bonds is 4. The van der Waals surface area contributed by atoms with Gasteiger partial charge >= 0.3 is 0 Å². The second-order valence-electron chi connectivity index (χ2n) is 5.88. The zero-order chi connectivity index (χ0) is 15.2. The molecule has 22 heavy (non-hydrogen) atoms. The molecule has 0 spiro atoms. The lowest BCUT2D eigenvalue weighted by atomic mass is 10.0. The van der Waals surface area contributed by atoms with Gasteiger partial charge in [0, 0.05) is 12.7 Å². The molecule has 1 saturated carbocycles. The van der Waals surface area contributed by atoms with Crippen LogP contribution >= 0.6 is 0 Å². The first-order chi connectivity index (χ1) is 10.8. The first kappa shape index (κ1) is 14.8. The van der Waals surface area contributed by atoms with E-state index in [1.807, 2.05) is 18.2 Å². The van der Waals surface area contributed by atoms with Crippen molar-refractivity contribution >= 4 is 5.82 Å². The molecule has 5 nitrogen and oxygen atoms in total. The highest BCUT2D eigenvalue weighted by atomic mass is 16.3. The van der Waals surface area contributed by atoms with Gasteiger partial charge < -0.3 is 10.4 Å². The van der Waals surface area contributed by atoms with Gasteiger partial charge in [-0.1, -0.05) is 31.7 Å². The number of nitrogens with one attached hydrogen (secondary N) is 1. The Labute approximate surface area is 130 Å². The van der Waals surface area contributed by atoms with Crippen molar-refractivity contribution in [3.8, 4) is 17.3 Å². The summed E-state index contributed by atoms with van der Waals surface area (Å²) >= 11 is 0. The normalized spacial score (nSPS) is 16.2. The minimum atomic E-state index is 0.0910. The lowest BCUT2D eigenvalue weighted by molar-refractivity contribution is 0.464. The Morgan fingerprint density at radius 3 is 2.64 bits per heavy atom. The summed E-state index contributed by atoms with van der Waals surface area (Å²) in [6.45, 7) is 0.853. The van der Waals surface area contributed by atoms with Crippen LogP contribution in [0.4, 0.5) is 5.82 Å². The lowest BCUT2D eigenvalue weighted by Gasteiger charge is -2.16. The third kappa shape index (κ3) is 3.72. The zero-order valence-corrected chi connectivity index (χ0v) is 12.7. The minimum Gasteiger partial charge on any atom is -0.503 e. The third-order valence-corrected chi connectivity index (χ3v) is 4.20. The van der Waals surface area contributed by atoms with E-state index in [1.165, 1.54) is 44.7 Å². The van der Waals surface area contributed by atoms with Gasteiger partial charge in [0.25, 0.3) is 0 Å². The Morgan fingerprint density at radius 1 is 1.09 bits per heavy atom. The van der Waals surface area contributed by atoms with Crippen molar-refractivity contribution in [2.75, 3.05) is 11.9 Å². The van der Waals surface area contributed by atoms with Gasteiger partial charge in [0.1, 0.15) is 5.69 Å². The molecular formula is C17H22N4O. The zero-order valence-electron chi connectivity index (χ0n) is 12.7. The van der Waals surface area contributed by atoms with Crippen molar-refractivity contribution in [3.63, 3.8) is 0 Å².